The molecule has 0 radical (unpaired) electrons. The van der Waals surface area contributed by atoms with Gasteiger partial charge in [-0.15, -0.1) is 0 Å². The van der Waals surface area contributed by atoms with Gasteiger partial charge in [0, 0.05) is 18.4 Å². The molecule has 1 aromatic rings. The summed E-state index contributed by atoms with van der Waals surface area (Å²) in [4.78, 5) is 10.3. The lowest BCUT2D eigenvalue weighted by atomic mass is 10.2. The third-order valence-electron chi connectivity index (χ3n) is 2.12. The van der Waals surface area contributed by atoms with E-state index in [0.29, 0.717) is 17.7 Å². The Labute approximate surface area is 90.7 Å². The zero-order valence-corrected chi connectivity index (χ0v) is 9.57. The Bertz CT molecular complexity index is 300. The van der Waals surface area contributed by atoms with Crippen LogP contribution in [0.2, 0.25) is 0 Å². The molecule has 1 atom stereocenters. The molecule has 5 nitrogen and oxygen atoms in total. The zero-order valence-electron chi connectivity index (χ0n) is 9.57. The summed E-state index contributed by atoms with van der Waals surface area (Å²) in [5.41, 5.74) is 5.68. The van der Waals surface area contributed by atoms with Crippen LogP contribution in [0.5, 0.6) is 0 Å². The lowest BCUT2D eigenvalue weighted by Gasteiger charge is -2.17. The molecule has 3 N–H and O–H groups in total. The summed E-state index contributed by atoms with van der Waals surface area (Å²) in [6.07, 6.45) is 4.27. The second-order valence-corrected chi connectivity index (χ2v) is 3.93. The van der Waals surface area contributed by atoms with Gasteiger partial charge in [-0.1, -0.05) is 0 Å². The Kier molecular flexibility index (Phi) is 4.30. The predicted octanol–water partition coefficient (Wildman–Crippen LogP) is 0.811. The van der Waals surface area contributed by atoms with E-state index in [-0.39, 0.29) is 0 Å². The van der Waals surface area contributed by atoms with Gasteiger partial charge in [-0.25, -0.2) is 9.97 Å². The first kappa shape index (κ1) is 11.7. The van der Waals surface area contributed by atoms with Crippen LogP contribution in [0.25, 0.3) is 0 Å². The van der Waals surface area contributed by atoms with Crippen LogP contribution in [0.15, 0.2) is 12.4 Å². The molecule has 0 aliphatic heterocycles. The quantitative estimate of drug-likeness (QED) is 0.751. The standard InChI is InChI=1S/C10H19N5/c1-8(4-7-15(2)3)14-10-9(11)12-5-6-13-10/h5-6,8H,4,7H2,1-3H3,(H2,11,12)(H,13,14). The fraction of sp³-hybridized carbons (Fsp3) is 0.600. The molecule has 0 saturated carbocycles. The smallest absolute Gasteiger partial charge is 0.169 e. The monoisotopic (exact) mass is 209 g/mol. The van der Waals surface area contributed by atoms with Gasteiger partial charge >= 0.3 is 0 Å². The number of aromatic nitrogens is 2. The zero-order chi connectivity index (χ0) is 11.3. The molecular weight excluding hydrogens is 190 g/mol. The van der Waals surface area contributed by atoms with E-state index in [1.165, 1.54) is 0 Å². The Balaban J connectivity index is 2.44. The van der Waals surface area contributed by atoms with E-state index in [0.717, 1.165) is 13.0 Å². The van der Waals surface area contributed by atoms with E-state index in [4.69, 9.17) is 5.73 Å². The largest absolute Gasteiger partial charge is 0.381 e. The maximum absolute atomic E-state index is 5.68. The molecule has 0 amide bonds. The van der Waals surface area contributed by atoms with Gasteiger partial charge in [-0.05, 0) is 34.0 Å². The molecule has 0 spiro atoms. The third kappa shape index (κ3) is 4.12. The van der Waals surface area contributed by atoms with Gasteiger partial charge in [-0.2, -0.15) is 0 Å². The van der Waals surface area contributed by atoms with Crippen molar-refractivity contribution < 1.29 is 0 Å². The number of hydrogen-bond donors (Lipinski definition) is 2. The molecule has 15 heavy (non-hydrogen) atoms. The van der Waals surface area contributed by atoms with Gasteiger partial charge in [0.15, 0.2) is 11.6 Å². The molecule has 0 aromatic carbocycles. The Morgan fingerprint density at radius 2 is 2.07 bits per heavy atom. The van der Waals surface area contributed by atoms with Crippen LogP contribution in [0, 0.1) is 0 Å². The fourth-order valence-electron chi connectivity index (χ4n) is 1.22. The molecule has 1 aromatic heterocycles. The van der Waals surface area contributed by atoms with Gasteiger partial charge < -0.3 is 16.0 Å². The van der Waals surface area contributed by atoms with Gasteiger partial charge in [0.05, 0.1) is 0 Å². The number of hydrogen-bond acceptors (Lipinski definition) is 5. The van der Waals surface area contributed by atoms with Crippen LogP contribution in [-0.2, 0) is 0 Å². The summed E-state index contributed by atoms with van der Waals surface area (Å²) in [6, 6.07) is 0.339. The number of rotatable bonds is 5. The van der Waals surface area contributed by atoms with Gasteiger partial charge in [0.1, 0.15) is 0 Å². The Morgan fingerprint density at radius 3 is 2.67 bits per heavy atom. The molecule has 0 aliphatic carbocycles. The van der Waals surface area contributed by atoms with Crippen molar-refractivity contribution in [1.29, 1.82) is 0 Å². The van der Waals surface area contributed by atoms with Crippen LogP contribution >= 0.6 is 0 Å². The third-order valence-corrected chi connectivity index (χ3v) is 2.12. The van der Waals surface area contributed by atoms with Crippen LogP contribution in [-0.4, -0.2) is 41.5 Å². The van der Waals surface area contributed by atoms with E-state index in [1.54, 1.807) is 12.4 Å². The SMILES string of the molecule is CC(CCN(C)C)Nc1nccnc1N. The maximum Gasteiger partial charge on any atom is 0.169 e. The van der Waals surface area contributed by atoms with Crippen molar-refractivity contribution in [2.24, 2.45) is 0 Å². The molecule has 1 unspecified atom stereocenters. The molecule has 0 saturated heterocycles. The molecule has 0 bridgehead atoms. The predicted molar refractivity (Wildman–Crippen MR) is 62.7 cm³/mol. The molecule has 1 rings (SSSR count). The molecule has 0 aliphatic rings. The minimum absolute atomic E-state index is 0.339. The van der Waals surface area contributed by atoms with E-state index in [1.807, 2.05) is 0 Å². The maximum atomic E-state index is 5.68. The van der Waals surface area contributed by atoms with Crippen LogP contribution in [0.4, 0.5) is 11.6 Å². The van der Waals surface area contributed by atoms with Crippen molar-refractivity contribution in [3.05, 3.63) is 12.4 Å². The van der Waals surface area contributed by atoms with Crippen molar-refractivity contribution in [2.75, 3.05) is 31.7 Å². The summed E-state index contributed by atoms with van der Waals surface area (Å²) in [5, 5.41) is 3.24. The average Bonchev–Trinajstić information content (AvgIpc) is 2.18. The molecule has 5 heteroatoms. The second-order valence-electron chi connectivity index (χ2n) is 3.93. The van der Waals surface area contributed by atoms with Crippen molar-refractivity contribution in [3.63, 3.8) is 0 Å². The van der Waals surface area contributed by atoms with E-state index < -0.39 is 0 Å². The summed E-state index contributed by atoms with van der Waals surface area (Å²) >= 11 is 0. The highest BCUT2D eigenvalue weighted by atomic mass is 15.1. The lowest BCUT2D eigenvalue weighted by molar-refractivity contribution is 0.390. The van der Waals surface area contributed by atoms with Crippen molar-refractivity contribution in [2.45, 2.75) is 19.4 Å². The normalized spacial score (nSPS) is 12.8. The molecule has 1 heterocycles. The highest BCUT2D eigenvalue weighted by molar-refractivity contribution is 5.55. The van der Waals surface area contributed by atoms with Crippen molar-refractivity contribution >= 4 is 11.6 Å². The Morgan fingerprint density at radius 1 is 1.40 bits per heavy atom. The summed E-state index contributed by atoms with van der Waals surface area (Å²) in [7, 11) is 4.12. The first-order chi connectivity index (χ1) is 7.09. The highest BCUT2D eigenvalue weighted by Gasteiger charge is 2.06. The number of nitrogens with two attached hydrogens (primary N) is 1. The first-order valence-electron chi connectivity index (χ1n) is 5.07. The summed E-state index contributed by atoms with van der Waals surface area (Å²) in [5.74, 6) is 1.12. The number of nitrogens with zero attached hydrogens (tertiary/aromatic N) is 3. The van der Waals surface area contributed by atoms with Crippen LogP contribution < -0.4 is 11.1 Å². The minimum atomic E-state index is 0.339. The van der Waals surface area contributed by atoms with Gasteiger partial charge in [-0.3, -0.25) is 0 Å². The number of anilines is 2. The van der Waals surface area contributed by atoms with Crippen LogP contribution in [0.1, 0.15) is 13.3 Å². The van der Waals surface area contributed by atoms with Crippen LogP contribution in [0.3, 0.4) is 0 Å². The molecule has 0 fully saturated rings. The number of nitrogen functional groups attached to an aromatic ring is 1. The minimum Gasteiger partial charge on any atom is -0.381 e. The van der Waals surface area contributed by atoms with Crippen molar-refractivity contribution in [1.82, 2.24) is 14.9 Å². The summed E-state index contributed by atoms with van der Waals surface area (Å²) in [6.45, 7) is 3.14. The van der Waals surface area contributed by atoms with E-state index in [9.17, 15) is 0 Å². The first-order valence-corrected chi connectivity index (χ1v) is 5.07. The molecule has 84 valence electrons. The van der Waals surface area contributed by atoms with Gasteiger partial charge in [0.25, 0.3) is 0 Å². The second kappa shape index (κ2) is 5.50. The van der Waals surface area contributed by atoms with Gasteiger partial charge in [0.2, 0.25) is 0 Å². The summed E-state index contributed by atoms with van der Waals surface area (Å²) < 4.78 is 0. The Hall–Kier alpha value is -1.36. The lowest BCUT2D eigenvalue weighted by Crippen LogP contribution is -2.23. The topological polar surface area (TPSA) is 67.1 Å². The van der Waals surface area contributed by atoms with Crippen molar-refractivity contribution in [3.8, 4) is 0 Å². The van der Waals surface area contributed by atoms with E-state index >= 15 is 0 Å². The highest BCUT2D eigenvalue weighted by Crippen LogP contribution is 2.11. The fourth-order valence-corrected chi connectivity index (χ4v) is 1.22. The number of nitrogens with one attached hydrogen (secondary N) is 1. The molecular formula is C10H19N5. The average molecular weight is 209 g/mol. The van der Waals surface area contributed by atoms with E-state index in [2.05, 4.69) is 41.2 Å².